The van der Waals surface area contributed by atoms with Crippen LogP contribution in [0.2, 0.25) is 0 Å². The minimum absolute atomic E-state index is 0. The molecular weight excluding hydrogens is 487 g/mol. The Kier molecular flexibility index (Phi) is 7.36. The highest BCUT2D eigenvalue weighted by Gasteiger charge is 2.07. The van der Waals surface area contributed by atoms with E-state index in [-0.39, 0.29) is 24.0 Å². The van der Waals surface area contributed by atoms with Crippen molar-refractivity contribution in [3.05, 3.63) is 71.3 Å². The number of guanidine groups is 1. The average Bonchev–Trinajstić information content (AvgIpc) is 3.32. The Hall–Kier alpha value is -2.55. The number of halogens is 1. The van der Waals surface area contributed by atoms with E-state index >= 15 is 0 Å². The number of hydrogen-bond acceptors (Lipinski definition) is 2. The molecule has 0 saturated carbocycles. The number of rotatable bonds is 6. The van der Waals surface area contributed by atoms with Gasteiger partial charge in [-0.3, -0.25) is 4.99 Å². The minimum atomic E-state index is 0. The second kappa shape index (κ2) is 9.97. The number of aliphatic imine (C=N–C) groups is 1. The second-order valence-electron chi connectivity index (χ2n) is 7.39. The van der Waals surface area contributed by atoms with E-state index in [1.807, 2.05) is 12.3 Å². The monoisotopic (exact) mass is 516 g/mol. The van der Waals surface area contributed by atoms with Crippen LogP contribution < -0.4 is 10.6 Å². The Morgan fingerprint density at radius 3 is 2.60 bits per heavy atom. The van der Waals surface area contributed by atoms with Crippen LogP contribution in [0.5, 0.6) is 0 Å². The summed E-state index contributed by atoms with van der Waals surface area (Å²) in [5, 5.41) is 8.13. The number of hydrogen-bond donors (Lipinski definition) is 3. The van der Waals surface area contributed by atoms with E-state index in [0.717, 1.165) is 43.2 Å². The number of imidazole rings is 1. The Balaban J connectivity index is 0.00000256. The van der Waals surface area contributed by atoms with E-state index in [4.69, 9.17) is 4.98 Å². The van der Waals surface area contributed by atoms with Crippen LogP contribution in [0.25, 0.3) is 16.6 Å². The van der Waals surface area contributed by atoms with Crippen LogP contribution in [-0.4, -0.2) is 40.5 Å². The fourth-order valence-corrected chi connectivity index (χ4v) is 3.82. The number of aryl methyl sites for hydroxylation is 2. The van der Waals surface area contributed by atoms with Gasteiger partial charge in [0.1, 0.15) is 5.65 Å². The molecule has 0 bridgehead atoms. The van der Waals surface area contributed by atoms with E-state index in [2.05, 4.69) is 75.5 Å². The summed E-state index contributed by atoms with van der Waals surface area (Å²) in [5.74, 6) is 0.821. The lowest BCUT2D eigenvalue weighted by molar-refractivity contribution is 0.779. The summed E-state index contributed by atoms with van der Waals surface area (Å²) >= 11 is 0. The zero-order chi connectivity index (χ0) is 20.2. The first-order chi connectivity index (χ1) is 14.2. The van der Waals surface area contributed by atoms with E-state index in [1.165, 1.54) is 27.6 Å². The number of aromatic nitrogens is 3. The standard InChI is InChI=1S/C23H28N6.HI/c1-16-6-4-8-20-21(16)18(14-27-20)9-11-25-23(24-3)26-12-10-19-15-29-13-5-7-17(2)22(29)28-19;/h4-8,13-15,27H,9-12H2,1-3H3,(H2,24,25,26);1H. The molecule has 0 unspecified atom stereocenters. The van der Waals surface area contributed by atoms with Crippen molar-refractivity contribution >= 4 is 46.5 Å². The van der Waals surface area contributed by atoms with Gasteiger partial charge in [-0.1, -0.05) is 18.2 Å². The van der Waals surface area contributed by atoms with Gasteiger partial charge in [0.15, 0.2) is 5.96 Å². The molecule has 0 atom stereocenters. The molecule has 158 valence electrons. The van der Waals surface area contributed by atoms with Crippen LogP contribution in [0.1, 0.15) is 22.4 Å². The first-order valence-electron chi connectivity index (χ1n) is 10.1. The van der Waals surface area contributed by atoms with Gasteiger partial charge in [-0.05, 0) is 49.1 Å². The topological polar surface area (TPSA) is 69.5 Å². The molecular formula is C23H29IN6. The van der Waals surface area contributed by atoms with Crippen LogP contribution in [0, 0.1) is 13.8 Å². The first kappa shape index (κ1) is 22.1. The number of nitrogens with one attached hydrogen (secondary N) is 3. The summed E-state index contributed by atoms with van der Waals surface area (Å²) in [6, 6.07) is 10.5. The summed E-state index contributed by atoms with van der Waals surface area (Å²) in [7, 11) is 1.81. The molecule has 0 spiro atoms. The SMILES string of the molecule is CN=C(NCCc1cn2cccc(C)c2n1)NCCc1c[nH]c2cccc(C)c12.I. The molecule has 6 nitrogen and oxygen atoms in total. The lowest BCUT2D eigenvalue weighted by Gasteiger charge is -2.11. The molecule has 7 heteroatoms. The van der Waals surface area contributed by atoms with Gasteiger partial charge in [-0.15, -0.1) is 24.0 Å². The smallest absolute Gasteiger partial charge is 0.190 e. The highest BCUT2D eigenvalue weighted by atomic mass is 127. The lowest BCUT2D eigenvalue weighted by atomic mass is 10.1. The maximum absolute atomic E-state index is 4.73. The van der Waals surface area contributed by atoms with Crippen molar-refractivity contribution in [1.29, 1.82) is 0 Å². The van der Waals surface area contributed by atoms with Gasteiger partial charge in [0.2, 0.25) is 0 Å². The van der Waals surface area contributed by atoms with Crippen LogP contribution in [0.4, 0.5) is 0 Å². The van der Waals surface area contributed by atoms with Crippen molar-refractivity contribution in [2.24, 2.45) is 4.99 Å². The summed E-state index contributed by atoms with van der Waals surface area (Å²) in [6.45, 7) is 5.86. The third-order valence-electron chi connectivity index (χ3n) is 5.31. The third kappa shape index (κ3) is 4.77. The number of fused-ring (bicyclic) bond motifs is 2. The summed E-state index contributed by atoms with van der Waals surface area (Å²) in [4.78, 5) is 12.4. The highest BCUT2D eigenvalue weighted by Crippen LogP contribution is 2.22. The van der Waals surface area contributed by atoms with Crippen molar-refractivity contribution in [1.82, 2.24) is 25.0 Å². The van der Waals surface area contributed by atoms with Crippen molar-refractivity contribution in [3.63, 3.8) is 0 Å². The van der Waals surface area contributed by atoms with Crippen LogP contribution >= 0.6 is 24.0 Å². The number of nitrogens with zero attached hydrogens (tertiary/aromatic N) is 3. The van der Waals surface area contributed by atoms with Gasteiger partial charge in [0, 0.05) is 56.1 Å². The molecule has 3 heterocycles. The van der Waals surface area contributed by atoms with Crippen molar-refractivity contribution in [2.75, 3.05) is 20.1 Å². The predicted octanol–water partition coefficient (Wildman–Crippen LogP) is 4.00. The Labute approximate surface area is 194 Å². The van der Waals surface area contributed by atoms with E-state index < -0.39 is 0 Å². The molecule has 0 aliphatic carbocycles. The molecule has 4 aromatic rings. The van der Waals surface area contributed by atoms with Crippen molar-refractivity contribution in [3.8, 4) is 0 Å². The Morgan fingerprint density at radius 1 is 1.07 bits per heavy atom. The van der Waals surface area contributed by atoms with Gasteiger partial charge >= 0.3 is 0 Å². The molecule has 0 aliphatic heterocycles. The number of aromatic amines is 1. The van der Waals surface area contributed by atoms with Crippen LogP contribution in [0.15, 0.2) is 53.9 Å². The molecule has 0 amide bonds. The molecule has 30 heavy (non-hydrogen) atoms. The average molecular weight is 516 g/mol. The molecule has 3 N–H and O–H groups in total. The fourth-order valence-electron chi connectivity index (χ4n) is 3.82. The largest absolute Gasteiger partial charge is 0.361 e. The molecule has 0 saturated heterocycles. The summed E-state index contributed by atoms with van der Waals surface area (Å²) in [5.41, 5.74) is 7.14. The zero-order valence-corrected chi connectivity index (χ0v) is 20.0. The van der Waals surface area contributed by atoms with Crippen LogP contribution in [0.3, 0.4) is 0 Å². The fraction of sp³-hybridized carbons (Fsp3) is 0.304. The normalized spacial score (nSPS) is 11.6. The minimum Gasteiger partial charge on any atom is -0.361 e. The van der Waals surface area contributed by atoms with E-state index in [0.29, 0.717) is 0 Å². The maximum atomic E-state index is 4.73. The summed E-state index contributed by atoms with van der Waals surface area (Å²) < 4.78 is 2.08. The molecule has 0 aliphatic rings. The van der Waals surface area contributed by atoms with Crippen molar-refractivity contribution < 1.29 is 0 Å². The van der Waals surface area contributed by atoms with Gasteiger partial charge in [0.25, 0.3) is 0 Å². The van der Waals surface area contributed by atoms with Crippen LogP contribution in [-0.2, 0) is 12.8 Å². The molecule has 0 fully saturated rings. The van der Waals surface area contributed by atoms with Gasteiger partial charge in [-0.25, -0.2) is 4.98 Å². The van der Waals surface area contributed by atoms with Gasteiger partial charge < -0.3 is 20.0 Å². The zero-order valence-electron chi connectivity index (χ0n) is 17.7. The van der Waals surface area contributed by atoms with Gasteiger partial charge in [0.05, 0.1) is 5.69 Å². The lowest BCUT2D eigenvalue weighted by Crippen LogP contribution is -2.39. The predicted molar refractivity (Wildman–Crippen MR) is 135 cm³/mol. The Morgan fingerprint density at radius 2 is 1.83 bits per heavy atom. The second-order valence-corrected chi connectivity index (χ2v) is 7.39. The van der Waals surface area contributed by atoms with Crippen molar-refractivity contribution in [2.45, 2.75) is 26.7 Å². The quantitative estimate of drug-likeness (QED) is 0.206. The molecule has 3 aromatic heterocycles. The highest BCUT2D eigenvalue weighted by molar-refractivity contribution is 14.0. The first-order valence-corrected chi connectivity index (χ1v) is 10.1. The van der Waals surface area contributed by atoms with E-state index in [1.54, 1.807) is 7.05 Å². The Bertz CT molecular complexity index is 1160. The molecule has 1 aromatic carbocycles. The van der Waals surface area contributed by atoms with Gasteiger partial charge in [-0.2, -0.15) is 0 Å². The number of pyridine rings is 1. The molecule has 4 rings (SSSR count). The number of H-pyrrole nitrogens is 1. The molecule has 0 radical (unpaired) electrons. The third-order valence-corrected chi connectivity index (χ3v) is 5.31. The summed E-state index contributed by atoms with van der Waals surface area (Å²) in [6.07, 6.45) is 8.04. The van der Waals surface area contributed by atoms with E-state index in [9.17, 15) is 0 Å². The maximum Gasteiger partial charge on any atom is 0.190 e. The number of benzene rings is 1.